The Bertz CT molecular complexity index is 1220. The molecule has 1 aliphatic heterocycles. The Balaban J connectivity index is 1.36. The topological polar surface area (TPSA) is 67.2 Å². The van der Waals surface area contributed by atoms with Crippen molar-refractivity contribution in [3.05, 3.63) is 72.9 Å². The zero-order valence-electron chi connectivity index (χ0n) is 16.9. The number of hydrogen-bond acceptors (Lipinski definition) is 5. The fraction of sp³-hybridized carbons (Fsp3) is 0.217. The third kappa shape index (κ3) is 3.72. The Morgan fingerprint density at radius 3 is 2.52 bits per heavy atom. The van der Waals surface area contributed by atoms with Crippen molar-refractivity contribution in [1.29, 1.82) is 0 Å². The highest BCUT2D eigenvalue weighted by molar-refractivity contribution is 5.84. The Labute approximate surface area is 178 Å². The fourth-order valence-electron chi connectivity index (χ4n) is 3.99. The molecule has 1 aliphatic rings. The van der Waals surface area contributed by atoms with Gasteiger partial charge in [0.2, 0.25) is 5.91 Å². The minimum Gasteiger partial charge on any atom is -0.366 e. The maximum absolute atomic E-state index is 14.1. The number of carbonyl (C=O) groups excluding carboxylic acids is 1. The quantitative estimate of drug-likeness (QED) is 0.512. The van der Waals surface area contributed by atoms with Crippen molar-refractivity contribution in [2.75, 3.05) is 31.1 Å². The second kappa shape index (κ2) is 8.14. The molecule has 0 unspecified atom stereocenters. The molecule has 0 aliphatic carbocycles. The number of carbonyl (C=O) groups is 1. The van der Waals surface area contributed by atoms with Crippen LogP contribution in [0.2, 0.25) is 0 Å². The van der Waals surface area contributed by atoms with Gasteiger partial charge < -0.3 is 14.4 Å². The Morgan fingerprint density at radius 2 is 1.74 bits per heavy atom. The second-order valence-electron chi connectivity index (χ2n) is 7.42. The molecule has 2 aromatic carbocycles. The maximum atomic E-state index is 14.1. The van der Waals surface area contributed by atoms with Crippen LogP contribution in [0.15, 0.2) is 67.1 Å². The molecule has 7 nitrogen and oxygen atoms in total. The molecular weight excluding hydrogens is 395 g/mol. The summed E-state index contributed by atoms with van der Waals surface area (Å²) >= 11 is 0. The molecule has 2 aromatic heterocycles. The highest BCUT2D eigenvalue weighted by atomic mass is 19.1. The molecule has 5 rings (SSSR count). The SMILES string of the molecule is O=C(Cn1c(-c2cnccn2)nc2ccccc21)N1CCN(c2ccccc2F)CC1. The average molecular weight is 416 g/mol. The molecule has 31 heavy (non-hydrogen) atoms. The number of anilines is 1. The highest BCUT2D eigenvalue weighted by Gasteiger charge is 2.24. The Hall–Kier alpha value is -3.81. The number of rotatable bonds is 4. The van der Waals surface area contributed by atoms with E-state index in [9.17, 15) is 9.18 Å². The van der Waals surface area contributed by atoms with Crippen LogP contribution >= 0.6 is 0 Å². The lowest BCUT2D eigenvalue weighted by Crippen LogP contribution is -2.49. The van der Waals surface area contributed by atoms with Gasteiger partial charge in [0.25, 0.3) is 0 Å². The molecule has 3 heterocycles. The maximum Gasteiger partial charge on any atom is 0.242 e. The van der Waals surface area contributed by atoms with E-state index in [2.05, 4.69) is 15.0 Å². The van der Waals surface area contributed by atoms with Crippen molar-refractivity contribution in [1.82, 2.24) is 24.4 Å². The summed E-state index contributed by atoms with van der Waals surface area (Å²) in [5.74, 6) is 0.384. The number of para-hydroxylation sites is 3. The van der Waals surface area contributed by atoms with E-state index in [1.807, 2.05) is 44.7 Å². The van der Waals surface area contributed by atoms with Gasteiger partial charge in [0.15, 0.2) is 5.82 Å². The van der Waals surface area contributed by atoms with Crippen molar-refractivity contribution in [2.24, 2.45) is 0 Å². The van der Waals surface area contributed by atoms with Crippen molar-refractivity contribution in [3.8, 4) is 11.5 Å². The van der Waals surface area contributed by atoms with Gasteiger partial charge >= 0.3 is 0 Å². The Kier molecular flexibility index (Phi) is 5.03. The van der Waals surface area contributed by atoms with E-state index in [0.29, 0.717) is 43.4 Å². The van der Waals surface area contributed by atoms with E-state index < -0.39 is 0 Å². The Morgan fingerprint density at radius 1 is 0.968 bits per heavy atom. The lowest BCUT2D eigenvalue weighted by atomic mass is 10.2. The lowest BCUT2D eigenvalue weighted by molar-refractivity contribution is -0.132. The van der Waals surface area contributed by atoms with Crippen LogP contribution in [0.1, 0.15) is 0 Å². The number of amides is 1. The van der Waals surface area contributed by atoms with Gasteiger partial charge in [-0.25, -0.2) is 14.4 Å². The molecule has 1 amide bonds. The van der Waals surface area contributed by atoms with Crippen LogP contribution < -0.4 is 4.90 Å². The summed E-state index contributed by atoms with van der Waals surface area (Å²) < 4.78 is 16.0. The van der Waals surface area contributed by atoms with Crippen LogP contribution in [0.5, 0.6) is 0 Å². The van der Waals surface area contributed by atoms with Gasteiger partial charge in [-0.15, -0.1) is 0 Å². The van der Waals surface area contributed by atoms with Crippen LogP contribution in [0.25, 0.3) is 22.6 Å². The monoisotopic (exact) mass is 416 g/mol. The number of nitrogens with zero attached hydrogens (tertiary/aromatic N) is 6. The van der Waals surface area contributed by atoms with Crippen LogP contribution in [0, 0.1) is 5.82 Å². The first kappa shape index (κ1) is 19.2. The van der Waals surface area contributed by atoms with Crippen molar-refractivity contribution < 1.29 is 9.18 Å². The summed E-state index contributed by atoms with van der Waals surface area (Å²) in [6.45, 7) is 2.43. The van der Waals surface area contributed by atoms with Crippen molar-refractivity contribution in [3.63, 3.8) is 0 Å². The van der Waals surface area contributed by atoms with Gasteiger partial charge in [-0.2, -0.15) is 0 Å². The third-order valence-electron chi connectivity index (χ3n) is 5.57. The van der Waals surface area contributed by atoms with Crippen LogP contribution in [-0.2, 0) is 11.3 Å². The molecule has 1 saturated heterocycles. The predicted molar refractivity (Wildman–Crippen MR) is 116 cm³/mol. The summed E-state index contributed by atoms with van der Waals surface area (Å²) in [6.07, 6.45) is 4.87. The van der Waals surface area contributed by atoms with Gasteiger partial charge in [0.1, 0.15) is 18.1 Å². The second-order valence-corrected chi connectivity index (χ2v) is 7.42. The molecule has 4 aromatic rings. The number of imidazole rings is 1. The van der Waals surface area contributed by atoms with E-state index >= 15 is 0 Å². The molecule has 0 radical (unpaired) electrons. The number of piperazine rings is 1. The summed E-state index contributed by atoms with van der Waals surface area (Å²) in [5, 5.41) is 0. The molecule has 8 heteroatoms. The van der Waals surface area contributed by atoms with E-state index in [-0.39, 0.29) is 18.3 Å². The average Bonchev–Trinajstić information content (AvgIpc) is 3.18. The van der Waals surface area contributed by atoms with Gasteiger partial charge in [-0.1, -0.05) is 24.3 Å². The van der Waals surface area contributed by atoms with Gasteiger partial charge in [-0.05, 0) is 24.3 Å². The minimum absolute atomic E-state index is 0.00137. The third-order valence-corrected chi connectivity index (χ3v) is 5.57. The largest absolute Gasteiger partial charge is 0.366 e. The molecule has 0 bridgehead atoms. The number of hydrogen-bond donors (Lipinski definition) is 0. The number of benzene rings is 2. The molecular formula is C23H21FN6O. The first-order chi connectivity index (χ1) is 15.2. The number of fused-ring (bicyclic) bond motifs is 1. The number of halogens is 1. The summed E-state index contributed by atoms with van der Waals surface area (Å²) in [7, 11) is 0. The van der Waals surface area contributed by atoms with Crippen LogP contribution in [0.3, 0.4) is 0 Å². The minimum atomic E-state index is -0.235. The van der Waals surface area contributed by atoms with Crippen molar-refractivity contribution >= 4 is 22.6 Å². The molecule has 0 spiro atoms. The van der Waals surface area contributed by atoms with E-state index in [0.717, 1.165) is 11.0 Å². The smallest absolute Gasteiger partial charge is 0.242 e. The highest BCUT2D eigenvalue weighted by Crippen LogP contribution is 2.24. The molecule has 0 N–H and O–H groups in total. The van der Waals surface area contributed by atoms with E-state index in [1.54, 1.807) is 30.7 Å². The standard InChI is InChI=1S/C23H21FN6O/c24-17-5-1-3-7-20(17)28-11-13-29(14-12-28)22(31)16-30-21-8-4-2-6-18(21)27-23(30)19-15-25-9-10-26-19/h1-10,15H,11-14,16H2. The number of aromatic nitrogens is 4. The summed E-state index contributed by atoms with van der Waals surface area (Å²) in [4.78, 5) is 30.1. The van der Waals surface area contributed by atoms with Gasteiger partial charge in [0, 0.05) is 38.6 Å². The van der Waals surface area contributed by atoms with Gasteiger partial charge in [-0.3, -0.25) is 9.78 Å². The van der Waals surface area contributed by atoms with E-state index in [1.165, 1.54) is 6.07 Å². The molecule has 0 saturated carbocycles. The predicted octanol–water partition coefficient (Wildman–Crippen LogP) is 2.98. The molecule has 0 atom stereocenters. The normalized spacial score (nSPS) is 14.2. The lowest BCUT2D eigenvalue weighted by Gasteiger charge is -2.36. The van der Waals surface area contributed by atoms with Crippen LogP contribution in [0.4, 0.5) is 10.1 Å². The van der Waals surface area contributed by atoms with Crippen molar-refractivity contribution in [2.45, 2.75) is 6.54 Å². The van der Waals surface area contributed by atoms with E-state index in [4.69, 9.17) is 0 Å². The summed E-state index contributed by atoms with van der Waals surface area (Å²) in [6, 6.07) is 14.5. The van der Waals surface area contributed by atoms with Gasteiger partial charge in [0.05, 0.1) is 22.9 Å². The summed E-state index contributed by atoms with van der Waals surface area (Å²) in [5.41, 5.74) is 2.89. The zero-order valence-corrected chi connectivity index (χ0v) is 16.9. The molecule has 156 valence electrons. The first-order valence-corrected chi connectivity index (χ1v) is 10.2. The first-order valence-electron chi connectivity index (χ1n) is 10.2. The molecule has 1 fully saturated rings. The fourth-order valence-corrected chi connectivity index (χ4v) is 3.99. The van der Waals surface area contributed by atoms with Crippen LogP contribution in [-0.4, -0.2) is 56.5 Å². The zero-order chi connectivity index (χ0) is 21.2.